The fourth-order valence-corrected chi connectivity index (χ4v) is 1.34. The van der Waals surface area contributed by atoms with Crippen molar-refractivity contribution >= 4 is 5.91 Å². The first-order chi connectivity index (χ1) is 6.09. The van der Waals surface area contributed by atoms with Crippen molar-refractivity contribution in [1.29, 1.82) is 0 Å². The van der Waals surface area contributed by atoms with Crippen LogP contribution in [0.5, 0.6) is 0 Å². The Kier molecular flexibility index (Phi) is 3.69. The number of amides is 1. The second-order valence-corrected chi connectivity index (χ2v) is 3.99. The summed E-state index contributed by atoms with van der Waals surface area (Å²) in [5.41, 5.74) is 0. The van der Waals surface area contributed by atoms with Crippen molar-refractivity contribution in [1.82, 2.24) is 10.6 Å². The van der Waals surface area contributed by atoms with Gasteiger partial charge < -0.3 is 15.7 Å². The molecule has 1 amide bonds. The monoisotopic (exact) mass is 186 g/mol. The van der Waals surface area contributed by atoms with Crippen molar-refractivity contribution in [2.24, 2.45) is 5.92 Å². The molecule has 13 heavy (non-hydrogen) atoms. The van der Waals surface area contributed by atoms with Crippen LogP contribution in [0.1, 0.15) is 20.3 Å². The summed E-state index contributed by atoms with van der Waals surface area (Å²) in [5.74, 6) is 0.473. The van der Waals surface area contributed by atoms with Gasteiger partial charge in [0, 0.05) is 13.1 Å². The second-order valence-electron chi connectivity index (χ2n) is 3.99. The molecule has 4 heteroatoms. The van der Waals surface area contributed by atoms with Gasteiger partial charge in [0.15, 0.2) is 0 Å². The fourth-order valence-electron chi connectivity index (χ4n) is 1.34. The third-order valence-electron chi connectivity index (χ3n) is 2.11. The maximum Gasteiger partial charge on any atom is 0.237 e. The van der Waals surface area contributed by atoms with Crippen LogP contribution < -0.4 is 10.6 Å². The Bertz CT molecular complexity index is 182. The third kappa shape index (κ3) is 3.32. The average Bonchev–Trinajstić information content (AvgIpc) is 2.47. The molecule has 0 aromatic rings. The molecule has 1 aliphatic rings. The maximum atomic E-state index is 11.4. The minimum absolute atomic E-state index is 0.00486. The number of rotatable bonds is 3. The number of hydrogen-bond donors (Lipinski definition) is 3. The normalized spacial score (nSPS) is 28.0. The predicted molar refractivity (Wildman–Crippen MR) is 50.3 cm³/mol. The van der Waals surface area contributed by atoms with Crippen LogP contribution >= 0.6 is 0 Å². The largest absolute Gasteiger partial charge is 0.392 e. The summed E-state index contributed by atoms with van der Waals surface area (Å²) in [4.78, 5) is 11.4. The molecule has 0 spiro atoms. The van der Waals surface area contributed by atoms with Gasteiger partial charge in [-0.2, -0.15) is 0 Å². The van der Waals surface area contributed by atoms with Gasteiger partial charge in [0.05, 0.1) is 12.1 Å². The SMILES string of the molecule is CC(C)CNC(=O)[C@@H]1C[C@@H](O)CN1. The van der Waals surface area contributed by atoms with Crippen molar-refractivity contribution < 1.29 is 9.90 Å². The van der Waals surface area contributed by atoms with E-state index in [1.165, 1.54) is 0 Å². The van der Waals surface area contributed by atoms with Gasteiger partial charge in [-0.15, -0.1) is 0 Å². The number of β-amino-alcohol motifs (C(OH)–C–C–N with tert-alkyl or cyclic N) is 1. The van der Waals surface area contributed by atoms with Gasteiger partial charge in [-0.25, -0.2) is 0 Å². The van der Waals surface area contributed by atoms with Gasteiger partial charge in [-0.05, 0) is 12.3 Å². The van der Waals surface area contributed by atoms with Gasteiger partial charge in [-0.3, -0.25) is 4.79 Å². The number of nitrogens with one attached hydrogen (secondary N) is 2. The Balaban J connectivity index is 2.24. The van der Waals surface area contributed by atoms with Crippen LogP contribution in [0, 0.1) is 5.92 Å². The molecule has 1 fully saturated rings. The summed E-state index contributed by atoms with van der Waals surface area (Å²) in [6.07, 6.45) is 0.166. The first-order valence-corrected chi connectivity index (χ1v) is 4.78. The summed E-state index contributed by atoms with van der Waals surface area (Å²) < 4.78 is 0. The van der Waals surface area contributed by atoms with Crippen molar-refractivity contribution in [2.45, 2.75) is 32.4 Å². The Hall–Kier alpha value is -0.610. The van der Waals surface area contributed by atoms with E-state index in [0.29, 0.717) is 25.4 Å². The van der Waals surface area contributed by atoms with Crippen molar-refractivity contribution in [3.8, 4) is 0 Å². The lowest BCUT2D eigenvalue weighted by Gasteiger charge is -2.12. The van der Waals surface area contributed by atoms with E-state index in [4.69, 9.17) is 0 Å². The van der Waals surface area contributed by atoms with E-state index in [2.05, 4.69) is 24.5 Å². The molecular weight excluding hydrogens is 168 g/mol. The van der Waals surface area contributed by atoms with Gasteiger partial charge in [0.25, 0.3) is 0 Å². The molecule has 4 nitrogen and oxygen atoms in total. The minimum Gasteiger partial charge on any atom is -0.392 e. The summed E-state index contributed by atoms with van der Waals surface area (Å²) in [5, 5.41) is 15.0. The molecule has 76 valence electrons. The number of aliphatic hydroxyl groups is 1. The lowest BCUT2D eigenvalue weighted by molar-refractivity contribution is -0.123. The summed E-state index contributed by atoms with van der Waals surface area (Å²) in [7, 11) is 0. The smallest absolute Gasteiger partial charge is 0.237 e. The van der Waals surface area contributed by atoms with E-state index in [0.717, 1.165) is 0 Å². The van der Waals surface area contributed by atoms with Crippen LogP contribution in [0.3, 0.4) is 0 Å². The van der Waals surface area contributed by atoms with E-state index in [-0.39, 0.29) is 18.1 Å². The molecule has 0 saturated carbocycles. The zero-order valence-electron chi connectivity index (χ0n) is 8.21. The second kappa shape index (κ2) is 4.58. The van der Waals surface area contributed by atoms with Crippen LogP contribution in [0.2, 0.25) is 0 Å². The molecule has 0 aliphatic carbocycles. The van der Waals surface area contributed by atoms with Gasteiger partial charge in [0.1, 0.15) is 0 Å². The van der Waals surface area contributed by atoms with Crippen LogP contribution in [0.15, 0.2) is 0 Å². The van der Waals surface area contributed by atoms with Crippen LogP contribution in [-0.2, 0) is 4.79 Å². The van der Waals surface area contributed by atoms with Crippen LogP contribution in [0.25, 0.3) is 0 Å². The highest BCUT2D eigenvalue weighted by Gasteiger charge is 2.27. The number of carbonyl (C=O) groups excluding carboxylic acids is 1. The summed E-state index contributed by atoms with van der Waals surface area (Å²) >= 11 is 0. The summed E-state index contributed by atoms with van der Waals surface area (Å²) in [6, 6.07) is -0.200. The maximum absolute atomic E-state index is 11.4. The van der Waals surface area contributed by atoms with Crippen molar-refractivity contribution in [2.75, 3.05) is 13.1 Å². The quantitative estimate of drug-likeness (QED) is 0.556. The highest BCUT2D eigenvalue weighted by Crippen LogP contribution is 2.05. The molecule has 0 radical (unpaired) electrons. The van der Waals surface area contributed by atoms with E-state index >= 15 is 0 Å². The molecule has 3 N–H and O–H groups in total. The molecule has 0 unspecified atom stereocenters. The van der Waals surface area contributed by atoms with Crippen LogP contribution in [-0.4, -0.2) is 36.2 Å². The minimum atomic E-state index is -0.366. The average molecular weight is 186 g/mol. The topological polar surface area (TPSA) is 61.4 Å². The van der Waals surface area contributed by atoms with Crippen molar-refractivity contribution in [3.05, 3.63) is 0 Å². The molecule has 0 bridgehead atoms. The Morgan fingerprint density at radius 3 is 2.85 bits per heavy atom. The zero-order valence-corrected chi connectivity index (χ0v) is 8.21. The van der Waals surface area contributed by atoms with Gasteiger partial charge in [0.2, 0.25) is 5.91 Å². The lowest BCUT2D eigenvalue weighted by atomic mass is 10.1. The molecule has 0 aromatic heterocycles. The number of hydrogen-bond acceptors (Lipinski definition) is 3. The van der Waals surface area contributed by atoms with E-state index in [9.17, 15) is 9.90 Å². The lowest BCUT2D eigenvalue weighted by Crippen LogP contribution is -2.41. The van der Waals surface area contributed by atoms with Crippen molar-refractivity contribution in [3.63, 3.8) is 0 Å². The number of carbonyl (C=O) groups is 1. The molecule has 1 saturated heterocycles. The zero-order chi connectivity index (χ0) is 9.84. The molecule has 1 heterocycles. The van der Waals surface area contributed by atoms with E-state index in [1.807, 2.05) is 0 Å². The first-order valence-electron chi connectivity index (χ1n) is 4.78. The molecular formula is C9H18N2O2. The van der Waals surface area contributed by atoms with Crippen LogP contribution in [0.4, 0.5) is 0 Å². The highest BCUT2D eigenvalue weighted by atomic mass is 16.3. The fraction of sp³-hybridized carbons (Fsp3) is 0.889. The Morgan fingerprint density at radius 2 is 2.38 bits per heavy atom. The molecule has 1 rings (SSSR count). The van der Waals surface area contributed by atoms with E-state index in [1.54, 1.807) is 0 Å². The molecule has 0 aromatic carbocycles. The van der Waals surface area contributed by atoms with Gasteiger partial charge >= 0.3 is 0 Å². The third-order valence-corrected chi connectivity index (χ3v) is 2.11. The molecule has 2 atom stereocenters. The predicted octanol–water partition coefficient (Wildman–Crippen LogP) is -0.519. The first kappa shape index (κ1) is 10.5. The number of aliphatic hydroxyl groups excluding tert-OH is 1. The Morgan fingerprint density at radius 1 is 1.69 bits per heavy atom. The Labute approximate surface area is 78.7 Å². The summed E-state index contributed by atoms with van der Waals surface area (Å²) in [6.45, 7) is 5.33. The van der Waals surface area contributed by atoms with E-state index < -0.39 is 0 Å². The standard InChI is InChI=1S/C9H18N2O2/c1-6(2)4-11-9(13)8-3-7(12)5-10-8/h6-8,10,12H,3-5H2,1-2H3,(H,11,13)/t7-,8+/m1/s1. The van der Waals surface area contributed by atoms with Gasteiger partial charge in [-0.1, -0.05) is 13.8 Å². The molecule has 1 aliphatic heterocycles. The highest BCUT2D eigenvalue weighted by molar-refractivity contribution is 5.82.